The van der Waals surface area contributed by atoms with E-state index in [0.29, 0.717) is 0 Å². The topological polar surface area (TPSA) is 29.5 Å². The number of benzene rings is 1. The summed E-state index contributed by atoms with van der Waals surface area (Å²) in [4.78, 5) is 14.0. The van der Waals surface area contributed by atoms with Gasteiger partial charge in [0.2, 0.25) is 0 Å². The van der Waals surface area contributed by atoms with Crippen molar-refractivity contribution in [3.05, 3.63) is 41.0 Å². The number of rotatable bonds is 2. The van der Waals surface area contributed by atoms with Gasteiger partial charge in [-0.15, -0.1) is 0 Å². The second-order valence-corrected chi connectivity index (χ2v) is 6.60. The third-order valence-corrected chi connectivity index (χ3v) is 3.72. The molecule has 0 radical (unpaired) electrons. The molecule has 0 aliphatic heterocycles. The molecule has 1 atom stereocenters. The number of amides is 1. The Hall–Kier alpha value is -1.77. The minimum atomic E-state index is -0.459. The quantitative estimate of drug-likeness (QED) is 0.797. The van der Waals surface area contributed by atoms with Gasteiger partial charge in [-0.25, -0.2) is 4.79 Å². The van der Waals surface area contributed by atoms with Crippen LogP contribution in [0.5, 0.6) is 0 Å². The fourth-order valence-corrected chi connectivity index (χ4v) is 2.76. The molecule has 1 amide bonds. The minimum Gasteiger partial charge on any atom is -0.444 e. The highest BCUT2D eigenvalue weighted by atomic mass is 16.6. The molecule has 0 fully saturated rings. The van der Waals surface area contributed by atoms with Crippen molar-refractivity contribution in [1.29, 1.82) is 0 Å². The molecular weight excluding hydrogens is 262 g/mol. The first-order valence-electron chi connectivity index (χ1n) is 7.53. The van der Waals surface area contributed by atoms with Gasteiger partial charge in [-0.3, -0.25) is 0 Å². The summed E-state index contributed by atoms with van der Waals surface area (Å²) >= 11 is 0. The van der Waals surface area contributed by atoms with Gasteiger partial charge in [0.25, 0.3) is 0 Å². The summed E-state index contributed by atoms with van der Waals surface area (Å²) in [5, 5.41) is 0. The number of fused-ring (bicyclic) bond motifs is 1. The van der Waals surface area contributed by atoms with Gasteiger partial charge in [0.15, 0.2) is 0 Å². The standard InChI is InChI=1S/C18H25NO2/c1-6-7-13-8-9-14-10-11-16(15(14)12-13)19(5)17(20)21-18(2,3)4/h6-9,12,16H,10-11H2,1-5H3/b7-6+/t16-/m1/s1. The maximum atomic E-state index is 12.3. The van der Waals surface area contributed by atoms with Gasteiger partial charge < -0.3 is 9.64 Å². The summed E-state index contributed by atoms with van der Waals surface area (Å²) in [7, 11) is 1.83. The summed E-state index contributed by atoms with van der Waals surface area (Å²) < 4.78 is 5.48. The Bertz CT molecular complexity index is 555. The van der Waals surface area contributed by atoms with Crippen LogP contribution in [0.4, 0.5) is 4.79 Å². The van der Waals surface area contributed by atoms with Crippen LogP contribution in [0.25, 0.3) is 6.08 Å². The van der Waals surface area contributed by atoms with E-state index in [1.807, 2.05) is 40.8 Å². The van der Waals surface area contributed by atoms with Gasteiger partial charge in [-0.05, 0) is 63.3 Å². The average molecular weight is 287 g/mol. The van der Waals surface area contributed by atoms with E-state index in [0.717, 1.165) is 12.8 Å². The molecule has 1 aromatic rings. The molecule has 0 saturated heterocycles. The molecule has 0 N–H and O–H groups in total. The van der Waals surface area contributed by atoms with Gasteiger partial charge in [0.1, 0.15) is 5.60 Å². The lowest BCUT2D eigenvalue weighted by atomic mass is 10.0. The van der Waals surface area contributed by atoms with E-state index in [2.05, 4.69) is 24.3 Å². The monoisotopic (exact) mass is 287 g/mol. The maximum Gasteiger partial charge on any atom is 0.410 e. The van der Waals surface area contributed by atoms with E-state index in [1.165, 1.54) is 16.7 Å². The van der Waals surface area contributed by atoms with Crippen LogP contribution in [0.15, 0.2) is 24.3 Å². The molecule has 0 unspecified atom stereocenters. The molecule has 0 heterocycles. The SMILES string of the molecule is C/C=C/c1ccc2c(c1)[C@H](N(C)C(=O)OC(C)(C)C)CC2. The largest absolute Gasteiger partial charge is 0.444 e. The Morgan fingerprint density at radius 1 is 1.38 bits per heavy atom. The van der Waals surface area contributed by atoms with Crippen molar-refractivity contribution in [2.45, 2.75) is 52.2 Å². The zero-order valence-corrected chi connectivity index (χ0v) is 13.6. The van der Waals surface area contributed by atoms with E-state index in [9.17, 15) is 4.79 Å². The summed E-state index contributed by atoms with van der Waals surface area (Å²) in [6.45, 7) is 7.69. The maximum absolute atomic E-state index is 12.3. The Morgan fingerprint density at radius 2 is 2.10 bits per heavy atom. The van der Waals surface area contributed by atoms with Crippen molar-refractivity contribution in [1.82, 2.24) is 4.90 Å². The summed E-state index contributed by atoms with van der Waals surface area (Å²) in [6, 6.07) is 6.61. The van der Waals surface area contributed by atoms with Crippen molar-refractivity contribution in [2.24, 2.45) is 0 Å². The van der Waals surface area contributed by atoms with Crippen molar-refractivity contribution in [3.8, 4) is 0 Å². The van der Waals surface area contributed by atoms with E-state index >= 15 is 0 Å². The fraction of sp³-hybridized carbons (Fsp3) is 0.500. The molecule has 0 bridgehead atoms. The predicted molar refractivity (Wildman–Crippen MR) is 86.2 cm³/mol. The van der Waals surface area contributed by atoms with Crippen LogP contribution in [-0.2, 0) is 11.2 Å². The van der Waals surface area contributed by atoms with Crippen molar-refractivity contribution in [2.75, 3.05) is 7.05 Å². The molecule has 1 aliphatic carbocycles. The normalized spacial score (nSPS) is 17.9. The molecule has 0 aromatic heterocycles. The molecule has 1 aliphatic rings. The molecule has 114 valence electrons. The first-order chi connectivity index (χ1) is 9.81. The fourth-order valence-electron chi connectivity index (χ4n) is 2.76. The number of carbonyl (C=O) groups excluding carboxylic acids is 1. The van der Waals surface area contributed by atoms with Crippen LogP contribution in [0.3, 0.4) is 0 Å². The van der Waals surface area contributed by atoms with Crippen LogP contribution < -0.4 is 0 Å². The minimum absolute atomic E-state index is 0.111. The van der Waals surface area contributed by atoms with Crippen molar-refractivity contribution in [3.63, 3.8) is 0 Å². The zero-order valence-electron chi connectivity index (χ0n) is 13.6. The van der Waals surface area contributed by atoms with Crippen LogP contribution in [0.1, 0.15) is 56.8 Å². The Morgan fingerprint density at radius 3 is 2.71 bits per heavy atom. The lowest BCUT2D eigenvalue weighted by Gasteiger charge is -2.29. The number of aryl methyl sites for hydroxylation is 1. The van der Waals surface area contributed by atoms with Crippen molar-refractivity contribution < 1.29 is 9.53 Å². The van der Waals surface area contributed by atoms with E-state index < -0.39 is 5.60 Å². The molecule has 3 nitrogen and oxygen atoms in total. The van der Waals surface area contributed by atoms with Crippen LogP contribution >= 0.6 is 0 Å². The highest BCUT2D eigenvalue weighted by Crippen LogP contribution is 2.36. The molecule has 2 rings (SSSR count). The highest BCUT2D eigenvalue weighted by molar-refractivity contribution is 5.69. The lowest BCUT2D eigenvalue weighted by Crippen LogP contribution is -2.36. The van der Waals surface area contributed by atoms with E-state index in [1.54, 1.807) is 4.90 Å². The second kappa shape index (κ2) is 5.92. The van der Waals surface area contributed by atoms with Crippen LogP contribution in [-0.4, -0.2) is 23.6 Å². The van der Waals surface area contributed by atoms with Crippen LogP contribution in [0, 0.1) is 0 Å². The lowest BCUT2D eigenvalue weighted by molar-refractivity contribution is 0.0220. The van der Waals surface area contributed by atoms with Gasteiger partial charge in [-0.2, -0.15) is 0 Å². The van der Waals surface area contributed by atoms with Gasteiger partial charge in [0.05, 0.1) is 6.04 Å². The van der Waals surface area contributed by atoms with Gasteiger partial charge >= 0.3 is 6.09 Å². The number of carbonyl (C=O) groups is 1. The highest BCUT2D eigenvalue weighted by Gasteiger charge is 2.31. The Kier molecular flexibility index (Phi) is 4.40. The third kappa shape index (κ3) is 3.66. The molecule has 0 saturated carbocycles. The zero-order chi connectivity index (χ0) is 15.6. The summed E-state index contributed by atoms with van der Waals surface area (Å²) in [5.41, 5.74) is 3.31. The van der Waals surface area contributed by atoms with Gasteiger partial charge in [0, 0.05) is 7.05 Å². The molecule has 21 heavy (non-hydrogen) atoms. The predicted octanol–water partition coefficient (Wildman–Crippen LogP) is 4.57. The molecule has 1 aromatic carbocycles. The Labute approximate surface area is 127 Å². The summed E-state index contributed by atoms with van der Waals surface area (Å²) in [5.74, 6) is 0. The number of nitrogens with zero attached hydrogens (tertiary/aromatic N) is 1. The number of hydrogen-bond acceptors (Lipinski definition) is 2. The first kappa shape index (κ1) is 15.6. The second-order valence-electron chi connectivity index (χ2n) is 6.60. The molecular formula is C18H25NO2. The average Bonchev–Trinajstić information content (AvgIpc) is 2.79. The van der Waals surface area contributed by atoms with Crippen LogP contribution in [0.2, 0.25) is 0 Å². The smallest absolute Gasteiger partial charge is 0.410 e. The number of allylic oxidation sites excluding steroid dienone is 1. The Balaban J connectivity index is 2.21. The van der Waals surface area contributed by atoms with E-state index in [-0.39, 0.29) is 12.1 Å². The molecule has 0 spiro atoms. The number of hydrogen-bond donors (Lipinski definition) is 0. The van der Waals surface area contributed by atoms with E-state index in [4.69, 9.17) is 4.74 Å². The third-order valence-electron chi connectivity index (χ3n) is 3.72. The first-order valence-corrected chi connectivity index (χ1v) is 7.53. The van der Waals surface area contributed by atoms with Gasteiger partial charge in [-0.1, -0.05) is 24.3 Å². The van der Waals surface area contributed by atoms with Crippen molar-refractivity contribution >= 4 is 12.2 Å². The summed E-state index contributed by atoms with van der Waals surface area (Å²) in [6.07, 6.45) is 5.84. The molecule has 3 heteroatoms. The number of ether oxygens (including phenoxy) is 1.